The molecule has 0 bridgehead atoms. The average Bonchev–Trinajstić information content (AvgIpc) is 2.92. The Morgan fingerprint density at radius 2 is 2.25 bits per heavy atom. The van der Waals surface area contributed by atoms with Crippen molar-refractivity contribution in [3.8, 4) is 5.75 Å². The molecule has 1 aromatic rings. The summed E-state index contributed by atoms with van der Waals surface area (Å²) >= 11 is 0. The van der Waals surface area contributed by atoms with Gasteiger partial charge in [-0.25, -0.2) is 0 Å². The van der Waals surface area contributed by atoms with Crippen LogP contribution in [0.2, 0.25) is 0 Å². The Labute approximate surface area is 94.0 Å². The second-order valence-corrected chi connectivity index (χ2v) is 4.30. The predicted molar refractivity (Wildman–Crippen MR) is 60.5 cm³/mol. The van der Waals surface area contributed by atoms with Crippen LogP contribution in [0, 0.1) is 5.92 Å². The molecule has 0 amide bonds. The SMILES string of the molecule is COc1cccc(C2(C(=O)O)CC2C)c1N. The monoisotopic (exact) mass is 221 g/mol. The summed E-state index contributed by atoms with van der Waals surface area (Å²) in [7, 11) is 1.53. The fourth-order valence-electron chi connectivity index (χ4n) is 2.32. The maximum absolute atomic E-state index is 11.3. The number of hydrogen-bond donors (Lipinski definition) is 2. The standard InChI is InChI=1S/C12H15NO3/c1-7-6-12(7,11(14)15)8-4-3-5-9(16-2)10(8)13/h3-5,7H,6,13H2,1-2H3,(H,14,15). The minimum atomic E-state index is -0.807. The molecule has 0 spiro atoms. The smallest absolute Gasteiger partial charge is 0.314 e. The molecule has 1 aliphatic carbocycles. The van der Waals surface area contributed by atoms with Crippen LogP contribution in [0.3, 0.4) is 0 Å². The van der Waals surface area contributed by atoms with Gasteiger partial charge in [0.1, 0.15) is 5.75 Å². The van der Waals surface area contributed by atoms with Crippen molar-refractivity contribution in [3.05, 3.63) is 23.8 Å². The first-order valence-electron chi connectivity index (χ1n) is 5.20. The lowest BCUT2D eigenvalue weighted by Gasteiger charge is -2.16. The summed E-state index contributed by atoms with van der Waals surface area (Å²) in [5.41, 5.74) is 6.24. The van der Waals surface area contributed by atoms with Gasteiger partial charge in [-0.3, -0.25) is 4.79 Å². The van der Waals surface area contributed by atoms with E-state index in [1.54, 1.807) is 18.2 Å². The number of aliphatic carboxylic acids is 1. The molecule has 16 heavy (non-hydrogen) atoms. The zero-order valence-electron chi connectivity index (χ0n) is 9.36. The molecule has 4 nitrogen and oxygen atoms in total. The van der Waals surface area contributed by atoms with Crippen molar-refractivity contribution in [1.29, 1.82) is 0 Å². The average molecular weight is 221 g/mol. The van der Waals surface area contributed by atoms with E-state index in [1.165, 1.54) is 7.11 Å². The molecule has 0 aliphatic heterocycles. The van der Waals surface area contributed by atoms with Gasteiger partial charge in [-0.05, 0) is 24.0 Å². The zero-order valence-corrected chi connectivity index (χ0v) is 9.36. The van der Waals surface area contributed by atoms with Crippen LogP contribution in [0.15, 0.2) is 18.2 Å². The number of benzene rings is 1. The van der Waals surface area contributed by atoms with E-state index in [1.807, 2.05) is 6.92 Å². The number of rotatable bonds is 3. The van der Waals surface area contributed by atoms with Crippen LogP contribution in [0.1, 0.15) is 18.9 Å². The number of carboxylic acid groups (broad SMARTS) is 1. The van der Waals surface area contributed by atoms with Gasteiger partial charge in [0, 0.05) is 0 Å². The van der Waals surface area contributed by atoms with E-state index >= 15 is 0 Å². The Morgan fingerprint density at radius 1 is 1.62 bits per heavy atom. The first-order chi connectivity index (χ1) is 7.54. The Kier molecular flexibility index (Phi) is 2.30. The maximum atomic E-state index is 11.3. The lowest BCUT2D eigenvalue weighted by Crippen LogP contribution is -2.23. The van der Waals surface area contributed by atoms with Crippen LogP contribution >= 0.6 is 0 Å². The van der Waals surface area contributed by atoms with Gasteiger partial charge in [-0.1, -0.05) is 19.1 Å². The van der Waals surface area contributed by atoms with Gasteiger partial charge in [0.05, 0.1) is 18.2 Å². The number of carboxylic acids is 1. The highest BCUT2D eigenvalue weighted by Crippen LogP contribution is 2.56. The Balaban J connectivity index is 2.53. The van der Waals surface area contributed by atoms with Gasteiger partial charge < -0.3 is 15.6 Å². The van der Waals surface area contributed by atoms with Crippen molar-refractivity contribution in [2.45, 2.75) is 18.8 Å². The molecule has 4 heteroatoms. The van der Waals surface area contributed by atoms with Crippen LogP contribution in [-0.2, 0) is 10.2 Å². The molecule has 2 unspecified atom stereocenters. The molecular weight excluding hydrogens is 206 g/mol. The third kappa shape index (κ3) is 1.26. The number of nitrogen functional groups attached to an aromatic ring is 1. The minimum absolute atomic E-state index is 0.124. The number of anilines is 1. The van der Waals surface area contributed by atoms with Crippen LogP contribution in [0.25, 0.3) is 0 Å². The highest BCUT2D eigenvalue weighted by molar-refractivity contribution is 5.88. The molecule has 0 heterocycles. The van der Waals surface area contributed by atoms with Crippen molar-refractivity contribution in [3.63, 3.8) is 0 Å². The summed E-state index contributed by atoms with van der Waals surface area (Å²) in [5.74, 6) is -0.142. The van der Waals surface area contributed by atoms with Gasteiger partial charge in [0.15, 0.2) is 0 Å². The van der Waals surface area contributed by atoms with Crippen LogP contribution in [0.5, 0.6) is 5.75 Å². The van der Waals surface area contributed by atoms with Gasteiger partial charge in [0.25, 0.3) is 0 Å². The Morgan fingerprint density at radius 3 is 2.69 bits per heavy atom. The zero-order chi connectivity index (χ0) is 11.9. The first kappa shape index (κ1) is 10.8. The van der Waals surface area contributed by atoms with Crippen LogP contribution in [0.4, 0.5) is 5.69 Å². The van der Waals surface area contributed by atoms with Crippen molar-refractivity contribution >= 4 is 11.7 Å². The number of nitrogens with two attached hydrogens (primary N) is 1. The van der Waals surface area contributed by atoms with E-state index in [-0.39, 0.29) is 5.92 Å². The summed E-state index contributed by atoms with van der Waals surface area (Å²) in [6.45, 7) is 1.92. The Bertz CT molecular complexity index is 444. The molecule has 0 saturated heterocycles. The summed E-state index contributed by atoms with van der Waals surface area (Å²) < 4.78 is 5.11. The van der Waals surface area contributed by atoms with Crippen molar-refractivity contribution in [2.75, 3.05) is 12.8 Å². The minimum Gasteiger partial charge on any atom is -0.495 e. The molecule has 1 fully saturated rings. The topological polar surface area (TPSA) is 72.5 Å². The summed E-state index contributed by atoms with van der Waals surface area (Å²) in [6.07, 6.45) is 0.639. The van der Waals surface area contributed by atoms with Crippen molar-refractivity contribution in [1.82, 2.24) is 0 Å². The van der Waals surface area contributed by atoms with Crippen molar-refractivity contribution in [2.24, 2.45) is 5.92 Å². The van der Waals surface area contributed by atoms with Gasteiger partial charge in [-0.2, -0.15) is 0 Å². The highest BCUT2D eigenvalue weighted by Gasteiger charge is 2.60. The molecule has 1 aliphatic rings. The molecule has 0 aromatic heterocycles. The fourth-order valence-corrected chi connectivity index (χ4v) is 2.32. The molecular formula is C12H15NO3. The third-order valence-electron chi connectivity index (χ3n) is 3.46. The quantitative estimate of drug-likeness (QED) is 0.761. The van der Waals surface area contributed by atoms with Gasteiger partial charge in [0.2, 0.25) is 0 Å². The van der Waals surface area contributed by atoms with Crippen molar-refractivity contribution < 1.29 is 14.6 Å². The second-order valence-electron chi connectivity index (χ2n) is 4.30. The molecule has 0 radical (unpaired) electrons. The number of methoxy groups -OCH3 is 1. The number of carbonyl (C=O) groups is 1. The number of ether oxygens (including phenoxy) is 1. The predicted octanol–water partition coefficient (Wildman–Crippen LogP) is 1.64. The fraction of sp³-hybridized carbons (Fsp3) is 0.417. The largest absolute Gasteiger partial charge is 0.495 e. The van der Waals surface area contributed by atoms with Crippen LogP contribution in [-0.4, -0.2) is 18.2 Å². The van der Waals surface area contributed by atoms with Gasteiger partial charge >= 0.3 is 5.97 Å². The van der Waals surface area contributed by atoms with Gasteiger partial charge in [-0.15, -0.1) is 0 Å². The molecule has 3 N–H and O–H groups in total. The van der Waals surface area contributed by atoms with E-state index < -0.39 is 11.4 Å². The highest BCUT2D eigenvalue weighted by atomic mass is 16.5. The number of hydrogen-bond acceptors (Lipinski definition) is 3. The molecule has 1 aromatic carbocycles. The van der Waals surface area contributed by atoms with E-state index in [2.05, 4.69) is 0 Å². The molecule has 86 valence electrons. The van der Waals surface area contributed by atoms with E-state index in [9.17, 15) is 9.90 Å². The van der Waals surface area contributed by atoms with E-state index in [0.29, 0.717) is 23.4 Å². The maximum Gasteiger partial charge on any atom is 0.314 e. The number of para-hydroxylation sites is 1. The normalized spacial score (nSPS) is 27.5. The van der Waals surface area contributed by atoms with E-state index in [0.717, 1.165) is 0 Å². The second kappa shape index (κ2) is 3.40. The summed E-state index contributed by atoms with van der Waals surface area (Å²) in [4.78, 5) is 11.3. The van der Waals surface area contributed by atoms with Crippen LogP contribution < -0.4 is 10.5 Å². The lowest BCUT2D eigenvalue weighted by molar-refractivity contribution is -0.140. The summed E-state index contributed by atoms with van der Waals surface area (Å²) in [5, 5.41) is 9.32. The molecule has 2 atom stereocenters. The molecule has 1 saturated carbocycles. The Hall–Kier alpha value is -1.71. The molecule has 2 rings (SSSR count). The first-order valence-corrected chi connectivity index (χ1v) is 5.20. The summed E-state index contributed by atoms with van der Waals surface area (Å²) in [6, 6.07) is 5.29. The van der Waals surface area contributed by atoms with E-state index in [4.69, 9.17) is 10.5 Å². The third-order valence-corrected chi connectivity index (χ3v) is 3.46. The lowest BCUT2D eigenvalue weighted by atomic mass is 9.92.